The molecule has 12 rings (SSSR count). The Hall–Kier alpha value is -8.14. The Balaban J connectivity index is 0.951. The van der Waals surface area contributed by atoms with Gasteiger partial charge >= 0.3 is 0 Å². The molecule has 2 heterocycles. The van der Waals surface area contributed by atoms with Gasteiger partial charge in [0.15, 0.2) is 0 Å². The Bertz CT molecular complexity index is 3590. The number of furan rings is 2. The van der Waals surface area contributed by atoms with Crippen molar-refractivity contribution in [1.82, 2.24) is 0 Å². The molecule has 0 atom stereocenters. The lowest BCUT2D eigenvalue weighted by molar-refractivity contribution is 0.668. The smallest absolute Gasteiger partial charge is 0.136 e. The number of benzene rings is 10. The summed E-state index contributed by atoms with van der Waals surface area (Å²) in [5.41, 5.74) is 16.1. The zero-order chi connectivity index (χ0) is 40.3. The van der Waals surface area contributed by atoms with Crippen molar-refractivity contribution in [3.63, 3.8) is 0 Å². The van der Waals surface area contributed by atoms with Crippen LogP contribution in [0.4, 0.5) is 17.1 Å². The third kappa shape index (κ3) is 6.06. The van der Waals surface area contributed by atoms with Gasteiger partial charge in [-0.15, -0.1) is 0 Å². The van der Waals surface area contributed by atoms with Crippen molar-refractivity contribution in [2.24, 2.45) is 0 Å². The van der Waals surface area contributed by atoms with E-state index in [4.69, 9.17) is 8.83 Å². The van der Waals surface area contributed by atoms with Crippen LogP contribution in [0.2, 0.25) is 0 Å². The Labute approximate surface area is 353 Å². The second-order valence-corrected chi connectivity index (χ2v) is 15.7. The molecule has 286 valence electrons. The molecule has 0 unspecified atom stereocenters. The summed E-state index contributed by atoms with van der Waals surface area (Å²) >= 11 is 0. The molecule has 0 aliphatic carbocycles. The predicted molar refractivity (Wildman–Crippen MR) is 255 cm³/mol. The van der Waals surface area contributed by atoms with E-state index < -0.39 is 0 Å². The van der Waals surface area contributed by atoms with E-state index in [2.05, 4.69) is 205 Å². The molecule has 0 spiro atoms. The molecular weight excluding hydrogens is 743 g/mol. The van der Waals surface area contributed by atoms with Gasteiger partial charge in [0.25, 0.3) is 0 Å². The highest BCUT2D eigenvalue weighted by Gasteiger charge is 2.17. The Morgan fingerprint density at radius 3 is 1.61 bits per heavy atom. The van der Waals surface area contributed by atoms with Gasteiger partial charge in [-0.1, -0.05) is 152 Å². The lowest BCUT2D eigenvalue weighted by Crippen LogP contribution is -2.10. The number of anilines is 3. The van der Waals surface area contributed by atoms with Gasteiger partial charge in [0.1, 0.15) is 22.3 Å². The first-order chi connectivity index (χ1) is 30.2. The molecule has 0 saturated carbocycles. The minimum absolute atomic E-state index is 0.893. The molecular formula is C58H37NO2. The summed E-state index contributed by atoms with van der Waals surface area (Å²) in [7, 11) is 0. The van der Waals surface area contributed by atoms with Crippen LogP contribution < -0.4 is 4.90 Å². The maximum absolute atomic E-state index is 6.26. The molecule has 10 aromatic carbocycles. The fourth-order valence-electron chi connectivity index (χ4n) is 9.13. The SMILES string of the molecule is c1cc(-c2cccc(N(c3ccc(-c4ccc5c(c4)oc4ccccc45)cc3)c3ccc(-c4cccc5oc6ccccc6c45)cc3)c2)cc(-c2cccc3ccccc23)c1. The normalized spacial score (nSPS) is 11.6. The average molecular weight is 780 g/mol. The van der Waals surface area contributed by atoms with Crippen molar-refractivity contribution >= 4 is 71.7 Å². The van der Waals surface area contributed by atoms with Crippen molar-refractivity contribution in [1.29, 1.82) is 0 Å². The standard InChI is InChI=1S/C58H37NO2/c1-2-17-48-39(11-1)12-9-20-49(48)44-15-7-13-41(35-44)42-14-8-16-47(36-42)59(45-30-25-38(26-31-45)43-29-34-52-51-18-3-5-22-54(51)61-57(52)37-43)46-32-27-40(28-33-46)50-21-10-24-56-58(50)53-19-4-6-23-55(53)60-56/h1-37H. The highest BCUT2D eigenvalue weighted by Crippen LogP contribution is 2.42. The predicted octanol–water partition coefficient (Wildman–Crippen LogP) is 16.8. The van der Waals surface area contributed by atoms with Crippen LogP contribution in [0, 0.1) is 0 Å². The van der Waals surface area contributed by atoms with Gasteiger partial charge in [-0.05, 0) is 128 Å². The first-order valence-corrected chi connectivity index (χ1v) is 20.7. The maximum Gasteiger partial charge on any atom is 0.136 e. The molecule has 3 nitrogen and oxygen atoms in total. The largest absolute Gasteiger partial charge is 0.456 e. The minimum Gasteiger partial charge on any atom is -0.456 e. The van der Waals surface area contributed by atoms with E-state index in [-0.39, 0.29) is 0 Å². The van der Waals surface area contributed by atoms with Gasteiger partial charge in [0.05, 0.1) is 0 Å². The molecule has 0 amide bonds. The fraction of sp³-hybridized carbons (Fsp3) is 0. The summed E-state index contributed by atoms with van der Waals surface area (Å²) < 4.78 is 12.5. The van der Waals surface area contributed by atoms with E-state index in [9.17, 15) is 0 Å². The Kier molecular flexibility index (Phi) is 8.17. The van der Waals surface area contributed by atoms with Crippen LogP contribution in [0.3, 0.4) is 0 Å². The van der Waals surface area contributed by atoms with Crippen LogP contribution in [0.25, 0.3) is 99.2 Å². The van der Waals surface area contributed by atoms with Crippen LogP contribution in [-0.4, -0.2) is 0 Å². The van der Waals surface area contributed by atoms with Crippen molar-refractivity contribution in [2.45, 2.75) is 0 Å². The molecule has 0 fully saturated rings. The van der Waals surface area contributed by atoms with Crippen LogP contribution in [-0.2, 0) is 0 Å². The molecule has 0 bridgehead atoms. The van der Waals surface area contributed by atoms with E-state index in [1.54, 1.807) is 0 Å². The van der Waals surface area contributed by atoms with Crippen molar-refractivity contribution in [2.75, 3.05) is 4.90 Å². The van der Waals surface area contributed by atoms with Crippen LogP contribution in [0.5, 0.6) is 0 Å². The first kappa shape index (κ1) is 34.9. The third-order valence-electron chi connectivity index (χ3n) is 12.1. The molecule has 0 aliphatic heterocycles. The van der Waals surface area contributed by atoms with Crippen LogP contribution in [0.15, 0.2) is 233 Å². The van der Waals surface area contributed by atoms with Crippen LogP contribution >= 0.6 is 0 Å². The third-order valence-corrected chi connectivity index (χ3v) is 12.1. The van der Waals surface area contributed by atoms with Crippen molar-refractivity contribution in [3.8, 4) is 44.5 Å². The maximum atomic E-state index is 6.26. The molecule has 0 aliphatic rings. The van der Waals surface area contributed by atoms with E-state index in [0.29, 0.717) is 0 Å². The van der Waals surface area contributed by atoms with Gasteiger partial charge in [0, 0.05) is 38.6 Å². The fourth-order valence-corrected chi connectivity index (χ4v) is 9.13. The molecule has 0 N–H and O–H groups in total. The number of fused-ring (bicyclic) bond motifs is 7. The zero-order valence-electron chi connectivity index (χ0n) is 33.1. The summed E-state index contributed by atoms with van der Waals surface area (Å²) in [6, 6.07) is 80.1. The van der Waals surface area contributed by atoms with Gasteiger partial charge < -0.3 is 13.7 Å². The lowest BCUT2D eigenvalue weighted by atomic mass is 9.95. The van der Waals surface area contributed by atoms with Gasteiger partial charge in [-0.2, -0.15) is 0 Å². The molecule has 3 heteroatoms. The quantitative estimate of drug-likeness (QED) is 0.161. The average Bonchev–Trinajstić information content (AvgIpc) is 3.90. The summed E-state index contributed by atoms with van der Waals surface area (Å²) in [6.07, 6.45) is 0. The zero-order valence-corrected chi connectivity index (χ0v) is 33.1. The Morgan fingerprint density at radius 1 is 0.262 bits per heavy atom. The van der Waals surface area contributed by atoms with Crippen LogP contribution in [0.1, 0.15) is 0 Å². The summed E-state index contributed by atoms with van der Waals surface area (Å²) in [6.45, 7) is 0. The molecule has 12 aromatic rings. The van der Waals surface area contributed by atoms with Crippen molar-refractivity contribution < 1.29 is 8.83 Å². The molecule has 0 saturated heterocycles. The molecule has 2 aromatic heterocycles. The molecule has 0 radical (unpaired) electrons. The van der Waals surface area contributed by atoms with Crippen molar-refractivity contribution in [3.05, 3.63) is 224 Å². The molecule has 61 heavy (non-hydrogen) atoms. The van der Waals surface area contributed by atoms with E-state index >= 15 is 0 Å². The monoisotopic (exact) mass is 779 g/mol. The van der Waals surface area contributed by atoms with E-state index in [0.717, 1.165) is 88.8 Å². The van der Waals surface area contributed by atoms with E-state index in [1.807, 2.05) is 24.3 Å². The second-order valence-electron chi connectivity index (χ2n) is 15.7. The lowest BCUT2D eigenvalue weighted by Gasteiger charge is -2.26. The second kappa shape index (κ2) is 14.3. The minimum atomic E-state index is 0.893. The van der Waals surface area contributed by atoms with Gasteiger partial charge in [-0.25, -0.2) is 0 Å². The number of para-hydroxylation sites is 2. The highest BCUT2D eigenvalue weighted by molar-refractivity contribution is 6.12. The number of hydrogen-bond donors (Lipinski definition) is 0. The highest BCUT2D eigenvalue weighted by atomic mass is 16.3. The number of rotatable bonds is 7. The topological polar surface area (TPSA) is 29.5 Å². The van der Waals surface area contributed by atoms with Gasteiger partial charge in [0.2, 0.25) is 0 Å². The summed E-state index contributed by atoms with van der Waals surface area (Å²) in [5, 5.41) is 7.02. The Morgan fingerprint density at radius 2 is 0.787 bits per heavy atom. The summed E-state index contributed by atoms with van der Waals surface area (Å²) in [4.78, 5) is 2.35. The first-order valence-electron chi connectivity index (χ1n) is 20.7. The van der Waals surface area contributed by atoms with Gasteiger partial charge in [-0.3, -0.25) is 0 Å². The number of hydrogen-bond acceptors (Lipinski definition) is 3. The summed E-state index contributed by atoms with van der Waals surface area (Å²) in [5.74, 6) is 0. The number of nitrogens with zero attached hydrogens (tertiary/aromatic N) is 1. The van der Waals surface area contributed by atoms with E-state index in [1.165, 1.54) is 27.5 Å².